The molecular weight excluding hydrogens is 258 g/mol. The highest BCUT2D eigenvalue weighted by atomic mass is 15.3. The summed E-state index contributed by atoms with van der Waals surface area (Å²) in [5.74, 6) is 2.83. The average Bonchev–Trinajstić information content (AvgIpc) is 3.13. The van der Waals surface area contributed by atoms with Gasteiger partial charge in [-0.1, -0.05) is 18.2 Å². The largest absolute Gasteiger partial charge is 0.325 e. The molecule has 2 aliphatic carbocycles. The minimum atomic E-state index is 0.920. The Balaban J connectivity index is 1.24. The summed E-state index contributed by atoms with van der Waals surface area (Å²) in [6.07, 6.45) is 11.8. The molecule has 21 heavy (non-hydrogen) atoms. The summed E-state index contributed by atoms with van der Waals surface area (Å²) in [7, 11) is 0. The SMILES string of the molecule is C1=C[C@H]2C[C@@H]1C[C@H]2C[NH+]1CC[NH+](Cc2cccnc2)CC1. The van der Waals surface area contributed by atoms with Gasteiger partial charge < -0.3 is 9.80 Å². The number of piperazine rings is 1. The normalized spacial score (nSPS) is 38.0. The second-order valence-corrected chi connectivity index (χ2v) is 7.28. The molecule has 0 spiro atoms. The number of rotatable bonds is 4. The van der Waals surface area contributed by atoms with Gasteiger partial charge in [-0.15, -0.1) is 0 Å². The maximum Gasteiger partial charge on any atom is 0.127 e. The van der Waals surface area contributed by atoms with E-state index < -0.39 is 0 Å². The Morgan fingerprint density at radius 1 is 1.05 bits per heavy atom. The number of quaternary nitrogens is 2. The van der Waals surface area contributed by atoms with E-state index in [4.69, 9.17) is 0 Å². The molecule has 1 aromatic heterocycles. The first-order chi connectivity index (χ1) is 10.4. The van der Waals surface area contributed by atoms with E-state index in [-0.39, 0.29) is 0 Å². The van der Waals surface area contributed by atoms with Gasteiger partial charge in [-0.25, -0.2) is 0 Å². The lowest BCUT2D eigenvalue weighted by molar-refractivity contribution is -1.02. The van der Waals surface area contributed by atoms with Crippen LogP contribution in [0.3, 0.4) is 0 Å². The Morgan fingerprint density at radius 2 is 1.90 bits per heavy atom. The smallest absolute Gasteiger partial charge is 0.127 e. The number of pyridine rings is 1. The van der Waals surface area contributed by atoms with Crippen LogP contribution in [0.5, 0.6) is 0 Å². The number of nitrogens with zero attached hydrogens (tertiary/aromatic N) is 1. The summed E-state index contributed by atoms with van der Waals surface area (Å²) in [6.45, 7) is 7.92. The van der Waals surface area contributed by atoms with E-state index in [1.165, 1.54) is 51.1 Å². The van der Waals surface area contributed by atoms with Crippen molar-refractivity contribution >= 4 is 0 Å². The Bertz CT molecular complexity index is 490. The van der Waals surface area contributed by atoms with Crippen LogP contribution in [0.4, 0.5) is 0 Å². The van der Waals surface area contributed by atoms with Crippen molar-refractivity contribution in [3.8, 4) is 0 Å². The Hall–Kier alpha value is -1.19. The average molecular weight is 285 g/mol. The summed E-state index contributed by atoms with van der Waals surface area (Å²) in [6, 6.07) is 4.26. The first kappa shape index (κ1) is 13.5. The van der Waals surface area contributed by atoms with Crippen molar-refractivity contribution in [3.63, 3.8) is 0 Å². The highest BCUT2D eigenvalue weighted by Crippen LogP contribution is 2.42. The zero-order valence-corrected chi connectivity index (χ0v) is 12.8. The predicted octanol–water partition coefficient (Wildman–Crippen LogP) is -0.423. The maximum absolute atomic E-state index is 4.23. The van der Waals surface area contributed by atoms with E-state index in [9.17, 15) is 0 Å². The number of allylic oxidation sites excluding steroid dienone is 2. The van der Waals surface area contributed by atoms with E-state index in [1.807, 2.05) is 17.3 Å². The number of nitrogens with one attached hydrogen (secondary N) is 2. The van der Waals surface area contributed by atoms with Crippen molar-refractivity contribution in [1.29, 1.82) is 0 Å². The van der Waals surface area contributed by atoms with Crippen molar-refractivity contribution in [2.24, 2.45) is 17.8 Å². The topological polar surface area (TPSA) is 21.8 Å². The van der Waals surface area contributed by atoms with E-state index in [0.717, 1.165) is 24.3 Å². The Labute approximate surface area is 127 Å². The van der Waals surface area contributed by atoms with Gasteiger partial charge in [0.15, 0.2) is 0 Å². The van der Waals surface area contributed by atoms with Crippen molar-refractivity contribution in [1.82, 2.24) is 4.98 Å². The fraction of sp³-hybridized carbons (Fsp3) is 0.611. The molecule has 3 heteroatoms. The lowest BCUT2D eigenvalue weighted by Gasteiger charge is -2.32. The van der Waals surface area contributed by atoms with Gasteiger partial charge in [-0.3, -0.25) is 4.98 Å². The molecule has 3 nitrogen and oxygen atoms in total. The molecule has 2 bridgehead atoms. The number of fused-ring (bicyclic) bond motifs is 2. The second kappa shape index (κ2) is 5.90. The van der Waals surface area contributed by atoms with Crippen molar-refractivity contribution in [3.05, 3.63) is 42.2 Å². The summed E-state index contributed by atoms with van der Waals surface area (Å²) in [5, 5.41) is 0. The molecule has 0 aromatic carbocycles. The number of hydrogen-bond donors (Lipinski definition) is 2. The number of hydrogen-bond acceptors (Lipinski definition) is 1. The fourth-order valence-corrected chi connectivity index (χ4v) is 4.63. The van der Waals surface area contributed by atoms with E-state index in [1.54, 1.807) is 4.90 Å². The van der Waals surface area contributed by atoms with Crippen molar-refractivity contribution in [2.45, 2.75) is 19.4 Å². The van der Waals surface area contributed by atoms with Crippen molar-refractivity contribution < 1.29 is 9.80 Å². The van der Waals surface area contributed by atoms with Crippen LogP contribution in [0.15, 0.2) is 36.7 Å². The third kappa shape index (κ3) is 3.04. The van der Waals surface area contributed by atoms with Gasteiger partial charge in [0.25, 0.3) is 0 Å². The first-order valence-corrected chi connectivity index (χ1v) is 8.61. The molecule has 3 atom stereocenters. The van der Waals surface area contributed by atoms with Gasteiger partial charge in [0.2, 0.25) is 0 Å². The number of aromatic nitrogens is 1. The lowest BCUT2D eigenvalue weighted by Crippen LogP contribution is -3.27. The van der Waals surface area contributed by atoms with Gasteiger partial charge in [0.1, 0.15) is 32.7 Å². The van der Waals surface area contributed by atoms with Crippen molar-refractivity contribution in [2.75, 3.05) is 32.7 Å². The van der Waals surface area contributed by atoms with E-state index in [2.05, 4.69) is 29.3 Å². The second-order valence-electron chi connectivity index (χ2n) is 7.28. The zero-order chi connectivity index (χ0) is 14.1. The van der Waals surface area contributed by atoms with Gasteiger partial charge in [-0.05, 0) is 30.7 Å². The van der Waals surface area contributed by atoms with E-state index >= 15 is 0 Å². The summed E-state index contributed by atoms with van der Waals surface area (Å²) in [4.78, 5) is 7.82. The lowest BCUT2D eigenvalue weighted by atomic mass is 9.93. The predicted molar refractivity (Wildman–Crippen MR) is 83.0 cm³/mol. The first-order valence-electron chi connectivity index (χ1n) is 8.61. The fourth-order valence-electron chi connectivity index (χ4n) is 4.63. The maximum atomic E-state index is 4.23. The van der Waals surface area contributed by atoms with Gasteiger partial charge in [-0.2, -0.15) is 0 Å². The molecule has 1 aromatic rings. The highest BCUT2D eigenvalue weighted by Gasteiger charge is 2.38. The molecule has 1 aliphatic heterocycles. The highest BCUT2D eigenvalue weighted by molar-refractivity contribution is 5.10. The molecule has 2 heterocycles. The quantitative estimate of drug-likeness (QED) is 0.721. The minimum absolute atomic E-state index is 0.920. The van der Waals surface area contributed by atoms with Crippen LogP contribution in [0, 0.1) is 17.8 Å². The van der Waals surface area contributed by atoms with Crippen LogP contribution in [-0.2, 0) is 6.54 Å². The molecule has 0 unspecified atom stereocenters. The molecular formula is C18H27N3+2. The summed E-state index contributed by atoms with van der Waals surface area (Å²) >= 11 is 0. The van der Waals surface area contributed by atoms with E-state index in [0.29, 0.717) is 0 Å². The van der Waals surface area contributed by atoms with Crippen LogP contribution >= 0.6 is 0 Å². The Kier molecular flexibility index (Phi) is 3.78. The summed E-state index contributed by atoms with van der Waals surface area (Å²) < 4.78 is 0. The molecule has 1 saturated carbocycles. The third-order valence-electron chi connectivity index (χ3n) is 5.81. The van der Waals surface area contributed by atoms with Crippen LogP contribution < -0.4 is 9.80 Å². The molecule has 112 valence electrons. The van der Waals surface area contributed by atoms with Gasteiger partial charge >= 0.3 is 0 Å². The standard InChI is InChI=1S/C18H25N3/c1-2-16(12-19-5-1)13-20-6-8-21(9-7-20)14-18-11-15-3-4-17(18)10-15/h1-5,12,15,17-18H,6-11,13-14H2/p+2/t15-,17+,18+/m1/s1. The monoisotopic (exact) mass is 285 g/mol. The minimum Gasteiger partial charge on any atom is -0.325 e. The third-order valence-corrected chi connectivity index (χ3v) is 5.81. The van der Waals surface area contributed by atoms with Crippen LogP contribution in [0.2, 0.25) is 0 Å². The zero-order valence-electron chi connectivity index (χ0n) is 12.8. The molecule has 4 rings (SSSR count). The van der Waals surface area contributed by atoms with Crippen LogP contribution in [0.25, 0.3) is 0 Å². The molecule has 2 fully saturated rings. The van der Waals surface area contributed by atoms with Crippen LogP contribution in [0.1, 0.15) is 18.4 Å². The van der Waals surface area contributed by atoms with Gasteiger partial charge in [0.05, 0.1) is 6.54 Å². The molecule has 0 amide bonds. The van der Waals surface area contributed by atoms with Gasteiger partial charge in [0, 0.05) is 23.9 Å². The molecule has 2 N–H and O–H groups in total. The Morgan fingerprint density at radius 3 is 2.57 bits per heavy atom. The molecule has 1 saturated heterocycles. The summed E-state index contributed by atoms with van der Waals surface area (Å²) in [5.41, 5.74) is 1.38. The van der Waals surface area contributed by atoms with Crippen LogP contribution in [-0.4, -0.2) is 37.7 Å². The molecule has 0 radical (unpaired) electrons. The molecule has 3 aliphatic rings.